The summed E-state index contributed by atoms with van der Waals surface area (Å²) >= 11 is 5.22. The van der Waals surface area contributed by atoms with Gasteiger partial charge in [0.05, 0.1) is 6.61 Å². The number of ether oxygens (including phenoxy) is 1. The Bertz CT molecular complexity index is 536. The Hall–Kier alpha value is -1.56. The summed E-state index contributed by atoms with van der Waals surface area (Å²) in [6.07, 6.45) is 2.62. The quantitative estimate of drug-likeness (QED) is 0.470. The van der Waals surface area contributed by atoms with Crippen molar-refractivity contribution in [2.45, 2.75) is 26.2 Å². The van der Waals surface area contributed by atoms with Gasteiger partial charge in [0.1, 0.15) is 16.0 Å². The minimum absolute atomic E-state index is 0.189. The van der Waals surface area contributed by atoms with Crippen molar-refractivity contribution in [3.63, 3.8) is 0 Å². The van der Waals surface area contributed by atoms with Gasteiger partial charge in [0.2, 0.25) is 0 Å². The number of hydrogen-bond acceptors (Lipinski definition) is 5. The molecule has 0 atom stereocenters. The molecule has 0 radical (unpaired) electrons. The van der Waals surface area contributed by atoms with Gasteiger partial charge in [0.25, 0.3) is 0 Å². The number of aromatic nitrogens is 1. The maximum atomic E-state index is 11.9. The van der Waals surface area contributed by atoms with Crippen LogP contribution in [-0.4, -0.2) is 17.3 Å². The lowest BCUT2D eigenvalue weighted by molar-refractivity contribution is 0.0525. The molecule has 1 aromatic rings. The smallest absolute Gasteiger partial charge is 0.342 e. The average molecular weight is 253 g/mol. The van der Waals surface area contributed by atoms with Crippen LogP contribution in [0, 0.1) is 4.64 Å². The Balaban J connectivity index is 2.67. The van der Waals surface area contributed by atoms with E-state index < -0.39 is 5.97 Å². The molecule has 1 aliphatic carbocycles. The number of esters is 1. The molecule has 6 heteroatoms. The Morgan fingerprint density at radius 1 is 1.47 bits per heavy atom. The minimum atomic E-state index is -0.419. The molecule has 4 N–H and O–H groups in total. The fraction of sp³-hybridized carbons (Fsp3) is 0.455. The lowest BCUT2D eigenvalue weighted by Crippen LogP contribution is -2.23. The summed E-state index contributed by atoms with van der Waals surface area (Å²) in [5, 5.41) is 0. The molecule has 0 aromatic carbocycles. The van der Waals surface area contributed by atoms with Crippen molar-refractivity contribution in [1.29, 1.82) is 0 Å². The number of nitrogen functional groups attached to an aromatic ring is 2. The molecule has 92 valence electrons. The Morgan fingerprint density at radius 3 is 2.76 bits per heavy atom. The van der Waals surface area contributed by atoms with Gasteiger partial charge in [-0.2, -0.15) is 0 Å². The number of nitrogens with zero attached hydrogens (tertiary/aromatic N) is 1. The summed E-state index contributed by atoms with van der Waals surface area (Å²) < 4.78 is 6.72. The van der Waals surface area contributed by atoms with Gasteiger partial charge < -0.3 is 16.3 Å². The highest BCUT2D eigenvalue weighted by molar-refractivity contribution is 7.71. The van der Waals surface area contributed by atoms with Crippen molar-refractivity contribution in [1.82, 2.24) is 4.68 Å². The Labute approximate surface area is 104 Å². The molecule has 1 aromatic heterocycles. The first kappa shape index (κ1) is 11.9. The van der Waals surface area contributed by atoms with Crippen molar-refractivity contribution < 1.29 is 9.53 Å². The van der Waals surface area contributed by atoms with E-state index in [-0.39, 0.29) is 5.82 Å². The second-order valence-corrected chi connectivity index (χ2v) is 4.35. The molecule has 0 saturated carbocycles. The second kappa shape index (κ2) is 4.37. The molecule has 0 fully saturated rings. The van der Waals surface area contributed by atoms with Crippen LogP contribution in [0.5, 0.6) is 0 Å². The SMILES string of the molecule is CCOC(=O)c1c2c(c(=S)n(N)c1N)CCC2. The highest BCUT2D eigenvalue weighted by Gasteiger charge is 2.26. The third-order valence-corrected chi connectivity index (χ3v) is 3.43. The molecule has 17 heavy (non-hydrogen) atoms. The maximum Gasteiger partial charge on any atom is 0.342 e. The number of rotatable bonds is 2. The average Bonchev–Trinajstić information content (AvgIpc) is 2.75. The topological polar surface area (TPSA) is 83.3 Å². The van der Waals surface area contributed by atoms with E-state index in [0.29, 0.717) is 16.8 Å². The number of anilines is 1. The van der Waals surface area contributed by atoms with Gasteiger partial charge in [-0.05, 0) is 37.3 Å². The first-order valence-electron chi connectivity index (χ1n) is 5.56. The van der Waals surface area contributed by atoms with Crippen molar-refractivity contribution in [3.05, 3.63) is 21.3 Å². The molecular formula is C11H15N3O2S. The minimum Gasteiger partial charge on any atom is -0.462 e. The van der Waals surface area contributed by atoms with Crippen LogP contribution < -0.4 is 11.6 Å². The standard InChI is InChI=1S/C11H15N3O2S/c1-2-16-11(15)8-6-4-3-5-7(6)10(17)14(13)9(8)12/h2-5,12-13H2,1H3. The molecule has 2 rings (SSSR count). The highest BCUT2D eigenvalue weighted by atomic mass is 32.1. The molecule has 0 spiro atoms. The van der Waals surface area contributed by atoms with Gasteiger partial charge >= 0.3 is 5.97 Å². The normalized spacial score (nSPS) is 13.5. The van der Waals surface area contributed by atoms with Gasteiger partial charge in [0, 0.05) is 0 Å². The lowest BCUT2D eigenvalue weighted by Gasteiger charge is -2.14. The van der Waals surface area contributed by atoms with Gasteiger partial charge in [-0.3, -0.25) is 0 Å². The highest BCUT2D eigenvalue weighted by Crippen LogP contribution is 2.30. The molecular weight excluding hydrogens is 238 g/mol. The molecule has 1 aliphatic rings. The van der Waals surface area contributed by atoms with Gasteiger partial charge in [-0.15, -0.1) is 0 Å². The zero-order chi connectivity index (χ0) is 12.6. The first-order valence-corrected chi connectivity index (χ1v) is 5.97. The third-order valence-electron chi connectivity index (χ3n) is 2.99. The summed E-state index contributed by atoms with van der Waals surface area (Å²) in [6.45, 7) is 2.07. The predicted octanol–water partition coefficient (Wildman–Crippen LogP) is 1.18. The number of hydrogen-bond donors (Lipinski definition) is 2. The van der Waals surface area contributed by atoms with E-state index in [4.69, 9.17) is 28.5 Å². The van der Waals surface area contributed by atoms with Crippen molar-refractivity contribution in [3.8, 4) is 0 Å². The van der Waals surface area contributed by atoms with E-state index >= 15 is 0 Å². The van der Waals surface area contributed by atoms with Gasteiger partial charge in [-0.1, -0.05) is 12.2 Å². The molecule has 0 unspecified atom stereocenters. The lowest BCUT2D eigenvalue weighted by atomic mass is 10.1. The van der Waals surface area contributed by atoms with Gasteiger partial charge in [0.15, 0.2) is 0 Å². The van der Waals surface area contributed by atoms with E-state index in [1.165, 1.54) is 4.68 Å². The van der Waals surface area contributed by atoms with Crippen LogP contribution in [0.1, 0.15) is 34.8 Å². The summed E-state index contributed by atoms with van der Waals surface area (Å²) in [6, 6.07) is 0. The van der Waals surface area contributed by atoms with Crippen LogP contribution in [-0.2, 0) is 17.6 Å². The summed E-state index contributed by atoms with van der Waals surface area (Å²) in [4.78, 5) is 11.9. The fourth-order valence-electron chi connectivity index (χ4n) is 2.22. The van der Waals surface area contributed by atoms with Crippen molar-refractivity contribution in [2.24, 2.45) is 0 Å². The van der Waals surface area contributed by atoms with Crippen LogP contribution >= 0.6 is 12.2 Å². The van der Waals surface area contributed by atoms with E-state index in [2.05, 4.69) is 0 Å². The number of fused-ring (bicyclic) bond motifs is 1. The van der Waals surface area contributed by atoms with Crippen LogP contribution in [0.25, 0.3) is 0 Å². The third kappa shape index (κ3) is 1.78. The van der Waals surface area contributed by atoms with E-state index in [9.17, 15) is 4.79 Å². The predicted molar refractivity (Wildman–Crippen MR) is 67.8 cm³/mol. The summed E-state index contributed by atoms with van der Waals surface area (Å²) in [7, 11) is 0. The molecule has 5 nitrogen and oxygen atoms in total. The van der Waals surface area contributed by atoms with Crippen molar-refractivity contribution in [2.75, 3.05) is 18.2 Å². The Morgan fingerprint density at radius 2 is 2.12 bits per heavy atom. The van der Waals surface area contributed by atoms with Crippen LogP contribution in [0.15, 0.2) is 0 Å². The largest absolute Gasteiger partial charge is 0.462 e. The van der Waals surface area contributed by atoms with Crippen molar-refractivity contribution >= 4 is 24.0 Å². The first-order chi connectivity index (χ1) is 8.07. The van der Waals surface area contributed by atoms with E-state index in [1.54, 1.807) is 6.92 Å². The zero-order valence-corrected chi connectivity index (χ0v) is 10.5. The summed E-state index contributed by atoms with van der Waals surface area (Å²) in [5.41, 5.74) is 8.11. The van der Waals surface area contributed by atoms with E-state index in [0.717, 1.165) is 30.4 Å². The zero-order valence-electron chi connectivity index (χ0n) is 9.66. The van der Waals surface area contributed by atoms with Gasteiger partial charge in [-0.25, -0.2) is 9.47 Å². The molecule has 0 saturated heterocycles. The van der Waals surface area contributed by atoms with Crippen LogP contribution in [0.3, 0.4) is 0 Å². The second-order valence-electron chi connectivity index (χ2n) is 3.97. The summed E-state index contributed by atoms with van der Waals surface area (Å²) in [5.74, 6) is 5.54. The monoisotopic (exact) mass is 253 g/mol. The number of nitrogens with two attached hydrogens (primary N) is 2. The van der Waals surface area contributed by atoms with Crippen LogP contribution in [0.2, 0.25) is 0 Å². The number of pyridine rings is 1. The molecule has 0 amide bonds. The maximum absolute atomic E-state index is 11.9. The fourth-order valence-corrected chi connectivity index (χ4v) is 2.54. The van der Waals surface area contributed by atoms with Crippen LogP contribution in [0.4, 0.5) is 5.82 Å². The molecule has 1 heterocycles. The number of carbonyl (C=O) groups excluding carboxylic acids is 1. The Kier molecular flexibility index (Phi) is 3.06. The molecule has 0 aliphatic heterocycles. The number of carbonyl (C=O) groups is 1. The molecule has 0 bridgehead atoms. The van der Waals surface area contributed by atoms with E-state index in [1.807, 2.05) is 0 Å².